The number of nitrogens with zero attached hydrogens (tertiary/aromatic N) is 2. The number of rotatable bonds is 5. The standard InChI is InChI=1S/C27H27FN2O2/c1-27(2)18-30(17-19-9-5-4-6-10-19)25(22-13-12-21(32-3)16-24(22)28)23(26(27)31)15-20-11-7-8-14-29-20/h4-16,25H,17-18H2,1-3H3. The number of aromatic nitrogens is 1. The summed E-state index contributed by atoms with van der Waals surface area (Å²) in [5, 5.41) is 0. The van der Waals surface area contributed by atoms with Crippen LogP contribution in [0.3, 0.4) is 0 Å². The molecule has 2 aromatic carbocycles. The van der Waals surface area contributed by atoms with Gasteiger partial charge in [0.05, 0.1) is 18.8 Å². The van der Waals surface area contributed by atoms with Gasteiger partial charge in [0.1, 0.15) is 11.6 Å². The molecule has 0 N–H and O–H groups in total. The molecule has 0 amide bonds. The van der Waals surface area contributed by atoms with Gasteiger partial charge in [0.2, 0.25) is 0 Å². The van der Waals surface area contributed by atoms with Crippen molar-refractivity contribution in [3.05, 3.63) is 101 Å². The van der Waals surface area contributed by atoms with E-state index in [-0.39, 0.29) is 5.78 Å². The molecule has 5 heteroatoms. The highest BCUT2D eigenvalue weighted by Crippen LogP contribution is 2.43. The molecule has 0 aliphatic carbocycles. The number of carbonyl (C=O) groups excluding carboxylic acids is 1. The first-order chi connectivity index (χ1) is 15.4. The van der Waals surface area contributed by atoms with Crippen LogP contribution in [0.25, 0.3) is 6.08 Å². The number of methoxy groups -OCH3 is 1. The molecule has 1 saturated heterocycles. The second-order valence-electron chi connectivity index (χ2n) is 8.75. The number of halogens is 1. The quantitative estimate of drug-likeness (QED) is 0.504. The van der Waals surface area contributed by atoms with Crippen LogP contribution in [-0.4, -0.2) is 29.3 Å². The molecule has 0 bridgehead atoms. The number of ether oxygens (including phenoxy) is 1. The number of pyridine rings is 1. The Kier molecular flexibility index (Phi) is 6.19. The lowest BCUT2D eigenvalue weighted by Gasteiger charge is -2.44. The van der Waals surface area contributed by atoms with Crippen LogP contribution in [0.4, 0.5) is 4.39 Å². The predicted octanol–water partition coefficient (Wildman–Crippen LogP) is 5.47. The zero-order chi connectivity index (χ0) is 22.7. The Morgan fingerprint density at radius 3 is 2.53 bits per heavy atom. The number of hydrogen-bond donors (Lipinski definition) is 0. The molecule has 1 aliphatic rings. The van der Waals surface area contributed by atoms with Crippen molar-refractivity contribution in [2.45, 2.75) is 26.4 Å². The van der Waals surface area contributed by atoms with Gasteiger partial charge >= 0.3 is 0 Å². The number of likely N-dealkylation sites (tertiary alicyclic amines) is 1. The molecule has 0 saturated carbocycles. The van der Waals surface area contributed by atoms with Crippen molar-refractivity contribution >= 4 is 11.9 Å². The highest BCUT2D eigenvalue weighted by atomic mass is 19.1. The fraction of sp³-hybridized carbons (Fsp3) is 0.259. The number of benzene rings is 2. The molecule has 4 nitrogen and oxygen atoms in total. The average molecular weight is 431 g/mol. The van der Waals surface area contributed by atoms with E-state index < -0.39 is 17.3 Å². The van der Waals surface area contributed by atoms with Crippen LogP contribution in [0.2, 0.25) is 0 Å². The van der Waals surface area contributed by atoms with Crippen LogP contribution < -0.4 is 4.74 Å². The average Bonchev–Trinajstić information content (AvgIpc) is 2.79. The number of carbonyl (C=O) groups is 1. The van der Waals surface area contributed by atoms with Gasteiger partial charge in [0.25, 0.3) is 0 Å². The first-order valence-corrected chi connectivity index (χ1v) is 10.7. The molecule has 1 unspecified atom stereocenters. The van der Waals surface area contributed by atoms with Gasteiger partial charge in [-0.3, -0.25) is 14.7 Å². The number of piperidine rings is 1. The third kappa shape index (κ3) is 4.48. The molecular formula is C27H27FN2O2. The lowest BCUT2D eigenvalue weighted by molar-refractivity contribution is -0.128. The Balaban J connectivity index is 1.87. The maximum atomic E-state index is 15.3. The van der Waals surface area contributed by atoms with Crippen LogP contribution in [-0.2, 0) is 11.3 Å². The predicted molar refractivity (Wildman–Crippen MR) is 124 cm³/mol. The van der Waals surface area contributed by atoms with Gasteiger partial charge in [0.15, 0.2) is 5.78 Å². The molecule has 2 heterocycles. The lowest BCUT2D eigenvalue weighted by atomic mass is 9.74. The third-order valence-electron chi connectivity index (χ3n) is 5.86. The van der Waals surface area contributed by atoms with Gasteiger partial charge in [-0.05, 0) is 29.8 Å². The number of hydrogen-bond acceptors (Lipinski definition) is 4. The molecular weight excluding hydrogens is 403 g/mol. The molecule has 4 rings (SSSR count). The second-order valence-corrected chi connectivity index (χ2v) is 8.75. The Hall–Kier alpha value is -3.31. The van der Waals surface area contributed by atoms with Crippen molar-refractivity contribution in [1.82, 2.24) is 9.88 Å². The summed E-state index contributed by atoms with van der Waals surface area (Å²) in [6.07, 6.45) is 3.49. The maximum Gasteiger partial charge on any atom is 0.167 e. The second kappa shape index (κ2) is 9.05. The van der Waals surface area contributed by atoms with Crippen LogP contribution in [0.5, 0.6) is 5.75 Å². The summed E-state index contributed by atoms with van der Waals surface area (Å²) in [6, 6.07) is 19.9. The lowest BCUT2D eigenvalue weighted by Crippen LogP contribution is -2.49. The van der Waals surface area contributed by atoms with E-state index in [1.54, 1.807) is 24.4 Å². The van der Waals surface area contributed by atoms with Gasteiger partial charge in [-0.25, -0.2) is 4.39 Å². The molecule has 1 aromatic heterocycles. The zero-order valence-electron chi connectivity index (χ0n) is 18.6. The van der Waals surface area contributed by atoms with Crippen LogP contribution in [0, 0.1) is 11.2 Å². The number of Topliss-reactive ketones (excluding diaryl/α,β-unsaturated/α-hetero) is 1. The summed E-state index contributed by atoms with van der Waals surface area (Å²) in [7, 11) is 1.51. The van der Waals surface area contributed by atoms with Crippen LogP contribution in [0.15, 0.2) is 78.5 Å². The fourth-order valence-corrected chi connectivity index (χ4v) is 4.33. The topological polar surface area (TPSA) is 42.4 Å². The van der Waals surface area contributed by atoms with Crippen LogP contribution >= 0.6 is 0 Å². The van der Waals surface area contributed by atoms with E-state index in [9.17, 15) is 4.79 Å². The van der Waals surface area contributed by atoms with Gasteiger partial charge in [-0.2, -0.15) is 0 Å². The van der Waals surface area contributed by atoms with Gasteiger partial charge in [0, 0.05) is 41.9 Å². The summed E-state index contributed by atoms with van der Waals surface area (Å²) >= 11 is 0. The van der Waals surface area contributed by atoms with Crippen molar-refractivity contribution in [1.29, 1.82) is 0 Å². The first-order valence-electron chi connectivity index (χ1n) is 10.7. The minimum absolute atomic E-state index is 0.00711. The minimum atomic E-state index is -0.616. The molecule has 0 spiro atoms. The Morgan fingerprint density at radius 1 is 1.12 bits per heavy atom. The minimum Gasteiger partial charge on any atom is -0.497 e. The molecule has 164 valence electrons. The summed E-state index contributed by atoms with van der Waals surface area (Å²) in [5.74, 6) is 0.0538. The molecule has 1 fully saturated rings. The van der Waals surface area contributed by atoms with Crippen molar-refractivity contribution in [3.8, 4) is 5.75 Å². The number of ketones is 1. The summed E-state index contributed by atoms with van der Waals surface area (Å²) in [4.78, 5) is 20.2. The van der Waals surface area contributed by atoms with Crippen molar-refractivity contribution < 1.29 is 13.9 Å². The zero-order valence-corrected chi connectivity index (χ0v) is 18.6. The smallest absolute Gasteiger partial charge is 0.167 e. The van der Waals surface area contributed by atoms with Crippen molar-refractivity contribution in [3.63, 3.8) is 0 Å². The van der Waals surface area contributed by atoms with Crippen molar-refractivity contribution in [2.75, 3.05) is 13.7 Å². The molecule has 1 atom stereocenters. The molecule has 32 heavy (non-hydrogen) atoms. The van der Waals surface area contributed by atoms with Crippen molar-refractivity contribution in [2.24, 2.45) is 5.41 Å². The van der Waals surface area contributed by atoms with E-state index in [1.165, 1.54) is 13.2 Å². The molecule has 0 radical (unpaired) electrons. The largest absolute Gasteiger partial charge is 0.497 e. The van der Waals surface area contributed by atoms with E-state index in [0.717, 1.165) is 5.56 Å². The van der Waals surface area contributed by atoms with Gasteiger partial charge in [-0.1, -0.05) is 56.3 Å². The molecule has 3 aromatic rings. The summed E-state index contributed by atoms with van der Waals surface area (Å²) in [6.45, 7) is 4.99. The monoisotopic (exact) mass is 430 g/mol. The first kappa shape index (κ1) is 21.9. The van der Waals surface area contributed by atoms with E-state index in [0.29, 0.717) is 35.7 Å². The fourth-order valence-electron chi connectivity index (χ4n) is 4.33. The van der Waals surface area contributed by atoms with E-state index >= 15 is 4.39 Å². The van der Waals surface area contributed by atoms with Crippen LogP contribution in [0.1, 0.15) is 36.7 Å². The Morgan fingerprint density at radius 2 is 1.88 bits per heavy atom. The summed E-state index contributed by atoms with van der Waals surface area (Å²) in [5.41, 5.74) is 2.16. The van der Waals surface area contributed by atoms with E-state index in [2.05, 4.69) is 9.88 Å². The van der Waals surface area contributed by atoms with E-state index in [1.807, 2.05) is 62.4 Å². The van der Waals surface area contributed by atoms with Gasteiger partial charge < -0.3 is 4.74 Å². The third-order valence-corrected chi connectivity index (χ3v) is 5.86. The highest BCUT2D eigenvalue weighted by molar-refractivity contribution is 6.05. The molecule has 1 aliphatic heterocycles. The van der Waals surface area contributed by atoms with Gasteiger partial charge in [-0.15, -0.1) is 0 Å². The highest BCUT2D eigenvalue weighted by Gasteiger charge is 2.44. The Bertz CT molecular complexity index is 1130. The Labute approximate surface area is 188 Å². The SMILES string of the molecule is COc1ccc(C2C(=Cc3ccccn3)C(=O)C(C)(C)CN2Cc2ccccc2)c(F)c1. The normalized spacial score (nSPS) is 19.8. The summed E-state index contributed by atoms with van der Waals surface area (Å²) < 4.78 is 20.5. The van der Waals surface area contributed by atoms with E-state index in [4.69, 9.17) is 4.74 Å². The maximum absolute atomic E-state index is 15.3.